The van der Waals surface area contributed by atoms with Gasteiger partial charge >= 0.3 is 0 Å². The van der Waals surface area contributed by atoms with Crippen LogP contribution in [0.25, 0.3) is 32.4 Å². The van der Waals surface area contributed by atoms with Gasteiger partial charge in [-0.25, -0.2) is 0 Å². The minimum Gasteiger partial charge on any atom is -1.00 e. The fourth-order valence-corrected chi connectivity index (χ4v) is 5.84. The number of hydrogen-bond donors (Lipinski definition) is 0. The summed E-state index contributed by atoms with van der Waals surface area (Å²) >= 11 is 0. The maximum Gasteiger partial charge on any atom is 0.231 e. The SMILES string of the molecule is COc1ccc2c(c[n+]3c4c2cc(Cc2ccc(C)cc2)c2c5c(cc(c24)CC3)OCO5)c1OC.[Br-]. The standard InChI is InChI=1S/C30H26NO4.BrH/c1-17-4-6-18(7-5-17)12-20-13-22-21-8-9-24(32-2)29(33-3)23(21)15-31-11-10-19-14-25-30(35-16-34-25)27(20)26(19)28(22)31;/h4-9,13-15H,10-12,16H2,1-3H3;1H/q+1;/p-1. The Morgan fingerprint density at radius 2 is 1.72 bits per heavy atom. The monoisotopic (exact) mass is 543 g/mol. The molecule has 3 heterocycles. The number of fused-ring (bicyclic) bond motifs is 4. The van der Waals surface area contributed by atoms with Gasteiger partial charge in [-0.1, -0.05) is 29.8 Å². The van der Waals surface area contributed by atoms with Crippen LogP contribution in [0.3, 0.4) is 0 Å². The number of hydrogen-bond acceptors (Lipinski definition) is 4. The topological polar surface area (TPSA) is 40.8 Å². The van der Waals surface area contributed by atoms with Crippen LogP contribution in [0.4, 0.5) is 0 Å². The number of ether oxygens (including phenoxy) is 4. The lowest BCUT2D eigenvalue weighted by atomic mass is 9.88. The molecule has 0 N–H and O–H groups in total. The molecule has 36 heavy (non-hydrogen) atoms. The molecule has 2 aliphatic heterocycles. The highest BCUT2D eigenvalue weighted by atomic mass is 79.9. The molecule has 0 fully saturated rings. The molecule has 5 aromatic rings. The number of methoxy groups -OCH3 is 2. The third-order valence-electron chi connectivity index (χ3n) is 7.46. The Morgan fingerprint density at radius 1 is 0.889 bits per heavy atom. The van der Waals surface area contributed by atoms with Crippen molar-refractivity contribution in [3.63, 3.8) is 0 Å². The van der Waals surface area contributed by atoms with Crippen molar-refractivity contribution >= 4 is 32.4 Å². The molecule has 2 aliphatic rings. The molecule has 4 aromatic carbocycles. The molecule has 0 bridgehead atoms. The minimum atomic E-state index is 0. The first-order valence-corrected chi connectivity index (χ1v) is 12.0. The lowest BCUT2D eigenvalue weighted by molar-refractivity contribution is -0.670. The van der Waals surface area contributed by atoms with E-state index >= 15 is 0 Å². The van der Waals surface area contributed by atoms with Gasteiger partial charge in [0, 0.05) is 17.2 Å². The Hall–Kier alpha value is -3.51. The van der Waals surface area contributed by atoms with Crippen LogP contribution in [0.15, 0.2) is 54.7 Å². The molecule has 0 atom stereocenters. The summed E-state index contributed by atoms with van der Waals surface area (Å²) in [4.78, 5) is 0. The average Bonchev–Trinajstić information content (AvgIpc) is 3.35. The molecule has 182 valence electrons. The van der Waals surface area contributed by atoms with E-state index in [0.29, 0.717) is 0 Å². The molecule has 0 radical (unpaired) electrons. The normalized spacial score (nSPS) is 13.4. The number of benzene rings is 4. The number of nitrogens with zero attached hydrogens (tertiary/aromatic N) is 1. The van der Waals surface area contributed by atoms with Gasteiger partial charge in [0.2, 0.25) is 12.3 Å². The zero-order chi connectivity index (χ0) is 23.7. The van der Waals surface area contributed by atoms with Crippen LogP contribution < -0.4 is 40.5 Å². The zero-order valence-corrected chi connectivity index (χ0v) is 22.1. The second-order valence-corrected chi connectivity index (χ2v) is 9.45. The van der Waals surface area contributed by atoms with E-state index in [2.05, 4.69) is 60.2 Å². The summed E-state index contributed by atoms with van der Waals surface area (Å²) in [5.74, 6) is 3.24. The van der Waals surface area contributed by atoms with Crippen LogP contribution in [0.5, 0.6) is 23.0 Å². The van der Waals surface area contributed by atoms with Crippen molar-refractivity contribution < 1.29 is 40.5 Å². The molecular weight excluding hydrogens is 518 g/mol. The van der Waals surface area contributed by atoms with Gasteiger partial charge in [0.05, 0.1) is 30.4 Å². The van der Waals surface area contributed by atoms with Crippen LogP contribution >= 0.6 is 0 Å². The van der Waals surface area contributed by atoms with E-state index < -0.39 is 0 Å². The maximum atomic E-state index is 6.06. The lowest BCUT2D eigenvalue weighted by Crippen LogP contribution is -3.00. The predicted molar refractivity (Wildman–Crippen MR) is 136 cm³/mol. The van der Waals surface area contributed by atoms with Crippen molar-refractivity contribution in [2.24, 2.45) is 0 Å². The number of aryl methyl sites for hydroxylation is 3. The van der Waals surface area contributed by atoms with Gasteiger partial charge in [-0.2, -0.15) is 4.57 Å². The first kappa shape index (κ1) is 22.9. The van der Waals surface area contributed by atoms with Crippen LogP contribution in [-0.2, 0) is 19.4 Å². The summed E-state index contributed by atoms with van der Waals surface area (Å²) < 4.78 is 25.7. The van der Waals surface area contributed by atoms with Gasteiger partial charge in [-0.3, -0.25) is 0 Å². The summed E-state index contributed by atoms with van der Waals surface area (Å²) in [5.41, 5.74) is 6.35. The van der Waals surface area contributed by atoms with Crippen molar-refractivity contribution in [2.45, 2.75) is 26.3 Å². The Bertz CT molecular complexity index is 1680. The molecule has 7 rings (SSSR count). The Labute approximate surface area is 219 Å². The van der Waals surface area contributed by atoms with Gasteiger partial charge in [-0.15, -0.1) is 0 Å². The zero-order valence-electron chi connectivity index (χ0n) is 20.5. The molecule has 0 unspecified atom stereocenters. The van der Waals surface area contributed by atoms with Crippen LogP contribution in [0.2, 0.25) is 0 Å². The van der Waals surface area contributed by atoms with Crippen molar-refractivity contribution in [3.05, 3.63) is 77.0 Å². The van der Waals surface area contributed by atoms with E-state index in [1.807, 2.05) is 6.07 Å². The highest BCUT2D eigenvalue weighted by Gasteiger charge is 2.31. The van der Waals surface area contributed by atoms with E-state index in [9.17, 15) is 0 Å². The van der Waals surface area contributed by atoms with Gasteiger partial charge in [0.25, 0.3) is 0 Å². The molecule has 1 aromatic heterocycles. The summed E-state index contributed by atoms with van der Waals surface area (Å²) in [6.45, 7) is 3.29. The maximum absolute atomic E-state index is 6.06. The molecule has 0 saturated carbocycles. The average molecular weight is 544 g/mol. The Balaban J connectivity index is 0.00000240. The molecule has 0 aliphatic carbocycles. The van der Waals surface area contributed by atoms with E-state index in [0.717, 1.165) is 53.2 Å². The second-order valence-electron chi connectivity index (χ2n) is 9.45. The van der Waals surface area contributed by atoms with Crippen LogP contribution in [0, 0.1) is 6.92 Å². The summed E-state index contributed by atoms with van der Waals surface area (Å²) in [5, 5.41) is 5.89. The van der Waals surface area contributed by atoms with Gasteiger partial charge in [0.15, 0.2) is 35.7 Å². The van der Waals surface area contributed by atoms with Gasteiger partial charge < -0.3 is 35.9 Å². The third-order valence-corrected chi connectivity index (χ3v) is 7.46. The van der Waals surface area contributed by atoms with Crippen LogP contribution in [0.1, 0.15) is 22.3 Å². The fraction of sp³-hybridized carbons (Fsp3) is 0.233. The first-order valence-electron chi connectivity index (χ1n) is 12.0. The van der Waals surface area contributed by atoms with E-state index in [1.165, 1.54) is 43.9 Å². The number of rotatable bonds is 4. The highest BCUT2D eigenvalue weighted by Crippen LogP contribution is 2.48. The Kier molecular flexibility index (Phi) is 5.45. The molecule has 6 heteroatoms. The molecule has 5 nitrogen and oxygen atoms in total. The summed E-state index contributed by atoms with van der Waals surface area (Å²) in [6.07, 6.45) is 3.97. The summed E-state index contributed by atoms with van der Waals surface area (Å²) in [6, 6.07) is 17.5. The van der Waals surface area contributed by atoms with E-state index in [1.54, 1.807) is 14.2 Å². The molecule has 0 spiro atoms. The number of pyridine rings is 1. The number of halogens is 1. The molecule has 0 saturated heterocycles. The predicted octanol–water partition coefficient (Wildman–Crippen LogP) is 2.64. The third kappa shape index (κ3) is 3.24. The largest absolute Gasteiger partial charge is 1.00 e. The highest BCUT2D eigenvalue weighted by molar-refractivity contribution is 6.18. The Morgan fingerprint density at radius 3 is 2.50 bits per heavy atom. The van der Waals surface area contributed by atoms with Gasteiger partial charge in [0.1, 0.15) is 0 Å². The van der Waals surface area contributed by atoms with Gasteiger partial charge in [-0.05, 0) is 54.3 Å². The van der Waals surface area contributed by atoms with Crippen LogP contribution in [-0.4, -0.2) is 21.0 Å². The van der Waals surface area contributed by atoms with Crippen molar-refractivity contribution in [3.8, 4) is 23.0 Å². The molecular formula is C30H26BrNO4. The molecule has 0 amide bonds. The smallest absolute Gasteiger partial charge is 0.231 e. The van der Waals surface area contributed by atoms with E-state index in [-0.39, 0.29) is 23.8 Å². The van der Waals surface area contributed by atoms with E-state index in [4.69, 9.17) is 18.9 Å². The first-order chi connectivity index (χ1) is 17.2. The minimum absolute atomic E-state index is 0. The van der Waals surface area contributed by atoms with Crippen molar-refractivity contribution in [1.82, 2.24) is 0 Å². The van der Waals surface area contributed by atoms with Crippen molar-refractivity contribution in [1.29, 1.82) is 0 Å². The lowest BCUT2D eigenvalue weighted by Gasteiger charge is -2.20. The second kappa shape index (κ2) is 8.56. The fourth-order valence-electron chi connectivity index (χ4n) is 5.84. The summed E-state index contributed by atoms with van der Waals surface area (Å²) in [7, 11) is 3.39. The van der Waals surface area contributed by atoms with Crippen molar-refractivity contribution in [2.75, 3.05) is 21.0 Å². The number of aromatic nitrogens is 1. The quantitative estimate of drug-likeness (QED) is 0.258.